The van der Waals surface area contributed by atoms with Crippen LogP contribution in [-0.2, 0) is 10.0 Å². The number of benzene rings is 1. The molecule has 1 saturated heterocycles. The summed E-state index contributed by atoms with van der Waals surface area (Å²) < 4.78 is 36.1. The van der Waals surface area contributed by atoms with Crippen LogP contribution in [-0.4, -0.2) is 36.3 Å². The Labute approximate surface area is 122 Å². The fourth-order valence-corrected chi connectivity index (χ4v) is 4.52. The fourth-order valence-electron chi connectivity index (χ4n) is 2.41. The molecule has 20 heavy (non-hydrogen) atoms. The Kier molecular flexibility index (Phi) is 3.72. The minimum absolute atomic E-state index is 0.0874. The van der Waals surface area contributed by atoms with Crippen LogP contribution >= 0.6 is 11.7 Å². The molecule has 1 fully saturated rings. The van der Waals surface area contributed by atoms with Crippen LogP contribution in [0.2, 0.25) is 0 Å². The maximum atomic E-state index is 12.6. The van der Waals surface area contributed by atoms with Crippen LogP contribution in [0.5, 0.6) is 0 Å². The number of hydrogen-bond acceptors (Lipinski definition) is 6. The number of nitrogens with one attached hydrogen (secondary N) is 2. The van der Waals surface area contributed by atoms with Crippen LogP contribution in [0.4, 0.5) is 0 Å². The lowest BCUT2D eigenvalue weighted by Crippen LogP contribution is -2.50. The summed E-state index contributed by atoms with van der Waals surface area (Å²) in [6.07, 6.45) is 0.968. The number of aromatic nitrogens is 2. The third-order valence-corrected chi connectivity index (χ3v) is 5.74. The molecule has 0 saturated carbocycles. The number of nitrogens with zero attached hydrogens (tertiary/aromatic N) is 2. The Morgan fingerprint density at radius 3 is 3.05 bits per heavy atom. The van der Waals surface area contributed by atoms with Gasteiger partial charge in [-0.25, -0.2) is 13.1 Å². The molecule has 2 aromatic rings. The van der Waals surface area contributed by atoms with Crippen LogP contribution in [0, 0.1) is 5.92 Å². The van der Waals surface area contributed by atoms with Gasteiger partial charge in [-0.2, -0.15) is 8.75 Å². The van der Waals surface area contributed by atoms with Gasteiger partial charge in [-0.05, 0) is 31.0 Å². The van der Waals surface area contributed by atoms with Gasteiger partial charge in [0.2, 0.25) is 10.0 Å². The van der Waals surface area contributed by atoms with E-state index >= 15 is 0 Å². The second-order valence-corrected chi connectivity index (χ2v) is 7.30. The average Bonchev–Trinajstić information content (AvgIpc) is 2.89. The second-order valence-electron chi connectivity index (χ2n) is 5.09. The van der Waals surface area contributed by atoms with Gasteiger partial charge in [-0.3, -0.25) is 0 Å². The predicted molar refractivity (Wildman–Crippen MR) is 78.2 cm³/mol. The van der Waals surface area contributed by atoms with E-state index in [1.807, 2.05) is 0 Å². The number of rotatable bonds is 3. The molecule has 2 N–H and O–H groups in total. The van der Waals surface area contributed by atoms with Crippen molar-refractivity contribution in [2.24, 2.45) is 5.92 Å². The Bertz CT molecular complexity index is 713. The molecule has 6 nitrogen and oxygen atoms in total. The molecule has 1 aromatic carbocycles. The SMILES string of the molecule is CC1CCNCC1NS(=O)(=O)c1cccc2nsnc12. The van der Waals surface area contributed by atoms with Gasteiger partial charge >= 0.3 is 0 Å². The molecule has 0 amide bonds. The highest BCUT2D eigenvalue weighted by Crippen LogP contribution is 2.22. The number of sulfonamides is 1. The van der Waals surface area contributed by atoms with E-state index in [2.05, 4.69) is 25.7 Å². The largest absolute Gasteiger partial charge is 0.315 e. The molecule has 1 aliphatic heterocycles. The zero-order valence-corrected chi connectivity index (χ0v) is 12.7. The summed E-state index contributed by atoms with van der Waals surface area (Å²) in [5, 5.41) is 3.22. The van der Waals surface area contributed by atoms with E-state index in [1.54, 1.807) is 18.2 Å². The minimum Gasteiger partial charge on any atom is -0.315 e. The molecule has 3 rings (SSSR count). The van der Waals surface area contributed by atoms with Crippen molar-refractivity contribution in [2.75, 3.05) is 13.1 Å². The topological polar surface area (TPSA) is 84.0 Å². The van der Waals surface area contributed by atoms with Crippen LogP contribution in [0.3, 0.4) is 0 Å². The molecule has 2 atom stereocenters. The maximum absolute atomic E-state index is 12.6. The average molecular weight is 312 g/mol. The minimum atomic E-state index is -3.58. The predicted octanol–water partition coefficient (Wildman–Crippen LogP) is 0.968. The summed E-state index contributed by atoms with van der Waals surface area (Å²) in [6, 6.07) is 4.95. The molecular formula is C12H16N4O2S2. The smallest absolute Gasteiger partial charge is 0.243 e. The number of fused-ring (bicyclic) bond motifs is 1. The van der Waals surface area contributed by atoms with Crippen LogP contribution in [0.25, 0.3) is 11.0 Å². The van der Waals surface area contributed by atoms with Crippen molar-refractivity contribution in [3.8, 4) is 0 Å². The van der Waals surface area contributed by atoms with E-state index < -0.39 is 10.0 Å². The Morgan fingerprint density at radius 1 is 1.40 bits per heavy atom. The van der Waals surface area contributed by atoms with Gasteiger partial charge < -0.3 is 5.32 Å². The first-order valence-electron chi connectivity index (χ1n) is 6.52. The summed E-state index contributed by atoms with van der Waals surface area (Å²) in [6.45, 7) is 3.66. The maximum Gasteiger partial charge on any atom is 0.243 e. The first-order chi connectivity index (χ1) is 9.58. The molecule has 0 aliphatic carbocycles. The molecule has 0 spiro atoms. The quantitative estimate of drug-likeness (QED) is 0.882. The highest BCUT2D eigenvalue weighted by molar-refractivity contribution is 7.89. The number of piperidine rings is 1. The van der Waals surface area contributed by atoms with E-state index in [4.69, 9.17) is 0 Å². The Hall–Kier alpha value is -1.09. The van der Waals surface area contributed by atoms with Crippen LogP contribution < -0.4 is 10.0 Å². The molecule has 8 heteroatoms. The van der Waals surface area contributed by atoms with Crippen molar-refractivity contribution in [3.63, 3.8) is 0 Å². The van der Waals surface area contributed by atoms with Crippen molar-refractivity contribution < 1.29 is 8.42 Å². The van der Waals surface area contributed by atoms with Crippen LogP contribution in [0.15, 0.2) is 23.1 Å². The lowest BCUT2D eigenvalue weighted by molar-refractivity contribution is 0.327. The molecular weight excluding hydrogens is 296 g/mol. The molecule has 108 valence electrons. The molecule has 0 radical (unpaired) electrons. The van der Waals surface area contributed by atoms with E-state index in [0.29, 0.717) is 23.5 Å². The summed E-state index contributed by atoms with van der Waals surface area (Å²) >= 11 is 1.03. The molecule has 1 aromatic heterocycles. The fraction of sp³-hybridized carbons (Fsp3) is 0.500. The summed E-state index contributed by atoms with van der Waals surface area (Å²) in [4.78, 5) is 0.210. The standard InChI is InChI=1S/C12H16N4O2S2/c1-8-5-6-13-7-10(8)16-20(17,18)11-4-2-3-9-12(11)15-19-14-9/h2-4,8,10,13,16H,5-7H2,1H3. The normalized spacial score (nSPS) is 24.1. The van der Waals surface area contributed by atoms with E-state index in [9.17, 15) is 8.42 Å². The van der Waals surface area contributed by atoms with Gasteiger partial charge in [0.15, 0.2) is 0 Å². The summed E-state index contributed by atoms with van der Waals surface area (Å²) in [7, 11) is -3.58. The first kappa shape index (κ1) is 13.9. The summed E-state index contributed by atoms with van der Waals surface area (Å²) in [5.41, 5.74) is 1.06. The van der Waals surface area contributed by atoms with Crippen molar-refractivity contribution >= 4 is 32.8 Å². The van der Waals surface area contributed by atoms with Gasteiger partial charge in [0.05, 0.1) is 11.7 Å². The molecule has 2 unspecified atom stereocenters. The van der Waals surface area contributed by atoms with Crippen LogP contribution in [0.1, 0.15) is 13.3 Å². The van der Waals surface area contributed by atoms with Crippen molar-refractivity contribution in [1.82, 2.24) is 18.8 Å². The third-order valence-electron chi connectivity index (χ3n) is 3.67. The Balaban J connectivity index is 1.93. The van der Waals surface area contributed by atoms with Crippen molar-refractivity contribution in [1.29, 1.82) is 0 Å². The van der Waals surface area contributed by atoms with Gasteiger partial charge in [-0.15, -0.1) is 0 Å². The van der Waals surface area contributed by atoms with Gasteiger partial charge in [-0.1, -0.05) is 13.0 Å². The van der Waals surface area contributed by atoms with Gasteiger partial charge in [0, 0.05) is 12.6 Å². The van der Waals surface area contributed by atoms with Gasteiger partial charge in [0.25, 0.3) is 0 Å². The lowest BCUT2D eigenvalue weighted by Gasteiger charge is -2.29. The van der Waals surface area contributed by atoms with E-state index in [0.717, 1.165) is 24.7 Å². The monoisotopic (exact) mass is 312 g/mol. The van der Waals surface area contributed by atoms with E-state index in [1.165, 1.54) is 0 Å². The first-order valence-corrected chi connectivity index (χ1v) is 8.73. The molecule has 1 aliphatic rings. The zero-order chi connectivity index (χ0) is 14.2. The highest BCUT2D eigenvalue weighted by atomic mass is 32.2. The van der Waals surface area contributed by atoms with E-state index in [-0.39, 0.29) is 10.9 Å². The van der Waals surface area contributed by atoms with Gasteiger partial charge in [0.1, 0.15) is 15.9 Å². The van der Waals surface area contributed by atoms with Crippen molar-refractivity contribution in [3.05, 3.63) is 18.2 Å². The second kappa shape index (κ2) is 5.36. The molecule has 2 heterocycles. The van der Waals surface area contributed by atoms with Crippen molar-refractivity contribution in [2.45, 2.75) is 24.3 Å². The highest BCUT2D eigenvalue weighted by Gasteiger charge is 2.28. The Morgan fingerprint density at radius 2 is 2.25 bits per heavy atom. The zero-order valence-electron chi connectivity index (χ0n) is 11.0. The number of hydrogen-bond donors (Lipinski definition) is 2. The molecule has 0 bridgehead atoms. The lowest BCUT2D eigenvalue weighted by atomic mass is 9.96. The third kappa shape index (κ3) is 2.56. The summed E-state index contributed by atoms with van der Waals surface area (Å²) in [5.74, 6) is 0.318.